The lowest BCUT2D eigenvalue weighted by molar-refractivity contribution is -0.137. The van der Waals surface area contributed by atoms with Gasteiger partial charge in [-0.05, 0) is 57.0 Å². The van der Waals surface area contributed by atoms with Gasteiger partial charge in [0.15, 0.2) is 5.58 Å². The highest BCUT2D eigenvalue weighted by molar-refractivity contribution is 5.86. The highest BCUT2D eigenvalue weighted by atomic mass is 16.5. The van der Waals surface area contributed by atoms with Gasteiger partial charge in [0.2, 0.25) is 0 Å². The highest BCUT2D eigenvalue weighted by Crippen LogP contribution is 2.38. The van der Waals surface area contributed by atoms with Crippen LogP contribution in [0.4, 0.5) is 5.69 Å². The van der Waals surface area contributed by atoms with Crippen molar-refractivity contribution < 1.29 is 13.9 Å². The molecule has 0 N–H and O–H groups in total. The van der Waals surface area contributed by atoms with Crippen LogP contribution in [0.3, 0.4) is 0 Å². The average Bonchev–Trinajstić information content (AvgIpc) is 3.18. The number of hydrogen-bond donors (Lipinski definition) is 0. The van der Waals surface area contributed by atoms with E-state index in [1.807, 2.05) is 32.0 Å². The predicted molar refractivity (Wildman–Crippen MR) is 121 cm³/mol. The van der Waals surface area contributed by atoms with Gasteiger partial charge < -0.3 is 14.1 Å². The third-order valence-corrected chi connectivity index (χ3v) is 6.41. The Morgan fingerprint density at radius 2 is 1.90 bits per heavy atom. The average molecular weight is 420 g/mol. The van der Waals surface area contributed by atoms with Gasteiger partial charge in [0, 0.05) is 49.0 Å². The van der Waals surface area contributed by atoms with E-state index in [2.05, 4.69) is 33.8 Å². The Kier molecular flexibility index (Phi) is 5.18. The van der Waals surface area contributed by atoms with Crippen LogP contribution in [0.1, 0.15) is 42.0 Å². The summed E-state index contributed by atoms with van der Waals surface area (Å²) in [5, 5.41) is 0.983. The van der Waals surface area contributed by atoms with E-state index >= 15 is 0 Å². The molecule has 1 saturated heterocycles. The number of esters is 1. The van der Waals surface area contributed by atoms with Gasteiger partial charge in [-0.15, -0.1) is 0 Å². The number of pyridine rings is 1. The topological polar surface area (TPSA) is 58.8 Å². The van der Waals surface area contributed by atoms with Crippen LogP contribution in [-0.2, 0) is 11.2 Å². The molecule has 0 aliphatic carbocycles. The molecule has 1 aromatic carbocycles. The fourth-order valence-corrected chi connectivity index (χ4v) is 4.81. The number of carbonyl (C=O) groups excluding carboxylic acids is 1. The molecule has 1 fully saturated rings. The zero-order valence-electron chi connectivity index (χ0n) is 18.5. The number of piperazine rings is 1. The number of aromatic nitrogens is 1. The molecule has 0 spiro atoms. The minimum atomic E-state index is -0.428. The molecule has 2 aromatic heterocycles. The molecule has 1 unspecified atom stereocenters. The van der Waals surface area contributed by atoms with Crippen molar-refractivity contribution in [2.45, 2.75) is 39.5 Å². The fraction of sp³-hybridized carbons (Fsp3) is 0.440. The summed E-state index contributed by atoms with van der Waals surface area (Å²) in [6, 6.07) is 10.2. The van der Waals surface area contributed by atoms with Crippen LogP contribution in [0.5, 0.6) is 5.75 Å². The molecule has 2 aliphatic heterocycles. The summed E-state index contributed by atoms with van der Waals surface area (Å²) in [6.07, 6.45) is 1.78. The number of ether oxygens (including phenoxy) is 1. The molecule has 31 heavy (non-hydrogen) atoms. The Bertz CT molecular complexity index is 1130. The van der Waals surface area contributed by atoms with Crippen molar-refractivity contribution in [3.05, 3.63) is 53.0 Å². The molecular formula is C25H29N3O3. The summed E-state index contributed by atoms with van der Waals surface area (Å²) >= 11 is 0. The smallest absolute Gasteiger partial charge is 0.322 e. The van der Waals surface area contributed by atoms with Crippen LogP contribution in [0.15, 0.2) is 34.7 Å². The van der Waals surface area contributed by atoms with E-state index in [0.29, 0.717) is 17.9 Å². The summed E-state index contributed by atoms with van der Waals surface area (Å²) in [6.45, 7) is 11.4. The SMILES string of the molecule is CCCN1CCN(c2ccc3c(c2)OC(=O)C(c2cc4cc(C)nc(C)c4o2)C3)CC1. The Labute approximate surface area is 182 Å². The molecule has 0 amide bonds. The molecule has 4 heterocycles. The van der Waals surface area contributed by atoms with Gasteiger partial charge in [-0.25, -0.2) is 0 Å². The third-order valence-electron chi connectivity index (χ3n) is 6.41. The summed E-state index contributed by atoms with van der Waals surface area (Å²) in [5.41, 5.74) is 4.70. The maximum atomic E-state index is 12.9. The van der Waals surface area contributed by atoms with Crippen molar-refractivity contribution >= 4 is 22.6 Å². The molecule has 6 heteroatoms. The minimum absolute atomic E-state index is 0.251. The van der Waals surface area contributed by atoms with Crippen LogP contribution in [-0.4, -0.2) is 48.6 Å². The van der Waals surface area contributed by atoms with E-state index < -0.39 is 5.92 Å². The first kappa shape index (κ1) is 20.1. The number of aryl methyl sites for hydroxylation is 2. The van der Waals surface area contributed by atoms with Gasteiger partial charge in [-0.3, -0.25) is 14.7 Å². The summed E-state index contributed by atoms with van der Waals surface area (Å²) in [7, 11) is 0. The molecule has 5 rings (SSSR count). The van der Waals surface area contributed by atoms with Crippen LogP contribution < -0.4 is 9.64 Å². The Morgan fingerprint density at radius 3 is 2.68 bits per heavy atom. The van der Waals surface area contributed by atoms with Crippen molar-refractivity contribution in [2.24, 2.45) is 0 Å². The van der Waals surface area contributed by atoms with Gasteiger partial charge in [0.05, 0.1) is 5.69 Å². The normalized spacial score (nSPS) is 19.5. The lowest BCUT2D eigenvalue weighted by Gasteiger charge is -2.36. The molecule has 0 saturated carbocycles. The first-order valence-electron chi connectivity index (χ1n) is 11.2. The first-order valence-corrected chi connectivity index (χ1v) is 11.2. The predicted octanol–water partition coefficient (Wildman–Crippen LogP) is 4.22. The van der Waals surface area contributed by atoms with Gasteiger partial charge >= 0.3 is 5.97 Å². The Hall–Kier alpha value is -2.86. The standard InChI is InChI=1S/C25H29N3O3/c1-4-7-27-8-10-28(11-9-27)20-6-5-18-13-21(25(29)31-22(18)15-20)23-14-19-12-16(2)26-17(3)24(19)30-23/h5-6,12,14-15,21H,4,7-11,13H2,1-3H3. The van der Waals surface area contributed by atoms with E-state index in [-0.39, 0.29) is 5.97 Å². The van der Waals surface area contributed by atoms with Crippen LogP contribution in [0.25, 0.3) is 11.0 Å². The Balaban J connectivity index is 1.36. The molecule has 1 atom stereocenters. The second kappa shape index (κ2) is 8.00. The van der Waals surface area contributed by atoms with Gasteiger partial charge in [0.25, 0.3) is 0 Å². The van der Waals surface area contributed by atoms with Crippen molar-refractivity contribution in [1.82, 2.24) is 9.88 Å². The van der Waals surface area contributed by atoms with Crippen molar-refractivity contribution in [3.63, 3.8) is 0 Å². The zero-order chi connectivity index (χ0) is 21.5. The Morgan fingerprint density at radius 1 is 1.10 bits per heavy atom. The van der Waals surface area contributed by atoms with E-state index in [9.17, 15) is 4.79 Å². The number of benzene rings is 1. The minimum Gasteiger partial charge on any atom is -0.458 e. The molecular weight excluding hydrogens is 390 g/mol. The monoisotopic (exact) mass is 419 g/mol. The van der Waals surface area contributed by atoms with Crippen LogP contribution >= 0.6 is 0 Å². The van der Waals surface area contributed by atoms with Crippen molar-refractivity contribution in [2.75, 3.05) is 37.6 Å². The number of fused-ring (bicyclic) bond motifs is 2. The fourth-order valence-electron chi connectivity index (χ4n) is 4.81. The molecule has 3 aromatic rings. The van der Waals surface area contributed by atoms with E-state index in [4.69, 9.17) is 9.15 Å². The lowest BCUT2D eigenvalue weighted by Crippen LogP contribution is -2.46. The van der Waals surface area contributed by atoms with Gasteiger partial charge in [-0.2, -0.15) is 0 Å². The van der Waals surface area contributed by atoms with E-state index in [1.165, 1.54) is 6.42 Å². The number of furan rings is 1. The first-order chi connectivity index (χ1) is 15.0. The van der Waals surface area contributed by atoms with E-state index in [0.717, 1.165) is 66.3 Å². The number of anilines is 1. The summed E-state index contributed by atoms with van der Waals surface area (Å²) < 4.78 is 11.8. The molecule has 6 nitrogen and oxygen atoms in total. The number of hydrogen-bond acceptors (Lipinski definition) is 6. The number of carbonyl (C=O) groups is 1. The second-order valence-electron chi connectivity index (χ2n) is 8.71. The highest BCUT2D eigenvalue weighted by Gasteiger charge is 2.33. The zero-order valence-corrected chi connectivity index (χ0v) is 18.5. The third kappa shape index (κ3) is 3.81. The summed E-state index contributed by atoms with van der Waals surface area (Å²) in [5.74, 6) is 0.652. The van der Waals surface area contributed by atoms with Crippen molar-refractivity contribution in [3.8, 4) is 5.75 Å². The van der Waals surface area contributed by atoms with Crippen molar-refractivity contribution in [1.29, 1.82) is 0 Å². The largest absolute Gasteiger partial charge is 0.458 e. The van der Waals surface area contributed by atoms with E-state index in [1.54, 1.807) is 0 Å². The maximum absolute atomic E-state index is 12.9. The second-order valence-corrected chi connectivity index (χ2v) is 8.71. The van der Waals surface area contributed by atoms with Gasteiger partial charge in [0.1, 0.15) is 17.4 Å². The molecule has 0 bridgehead atoms. The molecule has 2 aliphatic rings. The maximum Gasteiger partial charge on any atom is 0.322 e. The van der Waals surface area contributed by atoms with Gasteiger partial charge in [-0.1, -0.05) is 13.0 Å². The van der Waals surface area contributed by atoms with Crippen LogP contribution in [0, 0.1) is 13.8 Å². The lowest BCUT2D eigenvalue weighted by atomic mass is 9.93. The summed E-state index contributed by atoms with van der Waals surface area (Å²) in [4.78, 5) is 22.2. The molecule has 0 radical (unpaired) electrons. The molecule has 162 valence electrons. The quantitative estimate of drug-likeness (QED) is 0.466. The van der Waals surface area contributed by atoms with Crippen LogP contribution in [0.2, 0.25) is 0 Å². The number of nitrogens with zero attached hydrogens (tertiary/aromatic N) is 3. The number of rotatable bonds is 4.